The van der Waals surface area contributed by atoms with E-state index in [0.717, 1.165) is 62.5 Å². The highest BCUT2D eigenvalue weighted by atomic mass is 16.3. The zero-order chi connectivity index (χ0) is 20.1. The van der Waals surface area contributed by atoms with Crippen molar-refractivity contribution in [2.75, 3.05) is 0 Å². The van der Waals surface area contributed by atoms with Gasteiger partial charge in [0.25, 0.3) is 0 Å². The van der Waals surface area contributed by atoms with Crippen LogP contribution in [0.15, 0.2) is 36.4 Å². The zero-order valence-corrected chi connectivity index (χ0v) is 17.0. The second-order valence-corrected chi connectivity index (χ2v) is 7.97. The standard InChI is InChI=1S/C24H31NO3/c1-3-5-7-11-17-15-18(12-8-6-4-2)21(26)20(16-17)24-14-10-9-13-19(24)22(27)25-23(24)28/h9-10,13-16,19,26H,3-8,11-12H2,1-2H3,(H,25,27,28). The number of fused-ring (bicyclic) bond motifs is 1. The molecular weight excluding hydrogens is 350 g/mol. The Kier molecular flexibility index (Phi) is 6.38. The van der Waals surface area contributed by atoms with Gasteiger partial charge in [-0.05, 0) is 36.8 Å². The molecule has 3 rings (SSSR count). The first-order valence-electron chi connectivity index (χ1n) is 10.6. The van der Waals surface area contributed by atoms with Gasteiger partial charge in [0, 0.05) is 5.56 Å². The normalized spacial score (nSPS) is 23.1. The Morgan fingerprint density at radius 3 is 2.43 bits per heavy atom. The first-order valence-corrected chi connectivity index (χ1v) is 10.6. The molecule has 1 heterocycles. The van der Waals surface area contributed by atoms with E-state index in [1.165, 1.54) is 0 Å². The van der Waals surface area contributed by atoms with E-state index in [2.05, 4.69) is 25.2 Å². The number of allylic oxidation sites excluding steroid dienone is 2. The second kappa shape index (κ2) is 8.76. The van der Waals surface area contributed by atoms with Gasteiger partial charge < -0.3 is 5.11 Å². The van der Waals surface area contributed by atoms with Gasteiger partial charge in [0.05, 0.1) is 5.92 Å². The Morgan fingerprint density at radius 1 is 1.00 bits per heavy atom. The lowest BCUT2D eigenvalue weighted by atomic mass is 9.68. The summed E-state index contributed by atoms with van der Waals surface area (Å²) in [6.45, 7) is 4.33. The van der Waals surface area contributed by atoms with E-state index in [1.807, 2.05) is 6.07 Å². The third-order valence-corrected chi connectivity index (χ3v) is 5.97. The summed E-state index contributed by atoms with van der Waals surface area (Å²) in [5.41, 5.74) is 1.45. The van der Waals surface area contributed by atoms with E-state index in [0.29, 0.717) is 5.56 Å². The molecule has 0 radical (unpaired) electrons. The number of unbranched alkanes of at least 4 members (excludes halogenated alkanes) is 4. The molecule has 0 aromatic heterocycles. The van der Waals surface area contributed by atoms with Gasteiger partial charge in [-0.1, -0.05) is 76.0 Å². The van der Waals surface area contributed by atoms with E-state index >= 15 is 0 Å². The molecular formula is C24H31NO3. The fourth-order valence-corrected chi connectivity index (χ4v) is 4.38. The number of aryl methyl sites for hydroxylation is 2. The van der Waals surface area contributed by atoms with Gasteiger partial charge in [-0.3, -0.25) is 14.9 Å². The molecule has 1 aliphatic heterocycles. The van der Waals surface area contributed by atoms with Crippen LogP contribution in [-0.4, -0.2) is 16.9 Å². The highest BCUT2D eigenvalue weighted by molar-refractivity contribution is 6.13. The topological polar surface area (TPSA) is 66.4 Å². The molecule has 2 amide bonds. The summed E-state index contributed by atoms with van der Waals surface area (Å²) in [6, 6.07) is 4.04. The van der Waals surface area contributed by atoms with Gasteiger partial charge in [-0.25, -0.2) is 0 Å². The number of nitrogens with one attached hydrogen (secondary N) is 1. The van der Waals surface area contributed by atoms with Crippen molar-refractivity contribution in [1.82, 2.24) is 5.32 Å². The minimum atomic E-state index is -1.14. The fraction of sp³-hybridized carbons (Fsp3) is 0.500. The van der Waals surface area contributed by atoms with Crippen molar-refractivity contribution >= 4 is 11.8 Å². The minimum absolute atomic E-state index is 0.171. The van der Waals surface area contributed by atoms with Crippen molar-refractivity contribution in [3.8, 4) is 5.75 Å². The van der Waals surface area contributed by atoms with Crippen LogP contribution in [0.4, 0.5) is 0 Å². The maximum atomic E-state index is 12.9. The van der Waals surface area contributed by atoms with Crippen LogP contribution in [0.1, 0.15) is 69.1 Å². The molecule has 150 valence electrons. The summed E-state index contributed by atoms with van der Waals surface area (Å²) >= 11 is 0. The molecule has 2 N–H and O–H groups in total. The van der Waals surface area contributed by atoms with Gasteiger partial charge in [0.2, 0.25) is 11.8 Å². The van der Waals surface area contributed by atoms with Crippen LogP contribution in [-0.2, 0) is 27.8 Å². The lowest BCUT2D eigenvalue weighted by Gasteiger charge is -2.31. The van der Waals surface area contributed by atoms with Crippen LogP contribution in [0, 0.1) is 5.92 Å². The average Bonchev–Trinajstić information content (AvgIpc) is 2.95. The van der Waals surface area contributed by atoms with Crippen molar-refractivity contribution in [3.63, 3.8) is 0 Å². The molecule has 1 aromatic rings. The molecule has 4 heteroatoms. The van der Waals surface area contributed by atoms with Crippen LogP contribution in [0.25, 0.3) is 0 Å². The first-order chi connectivity index (χ1) is 13.5. The van der Waals surface area contributed by atoms with Crippen LogP contribution in [0.3, 0.4) is 0 Å². The number of benzene rings is 1. The van der Waals surface area contributed by atoms with E-state index in [1.54, 1.807) is 24.3 Å². The van der Waals surface area contributed by atoms with Crippen LogP contribution < -0.4 is 5.32 Å². The summed E-state index contributed by atoms with van der Waals surface area (Å²) in [5.74, 6) is -1.08. The Bertz CT molecular complexity index is 808. The number of aromatic hydroxyl groups is 1. The van der Waals surface area contributed by atoms with E-state index in [4.69, 9.17) is 0 Å². The molecule has 4 nitrogen and oxygen atoms in total. The third-order valence-electron chi connectivity index (χ3n) is 5.97. The van der Waals surface area contributed by atoms with Crippen molar-refractivity contribution in [2.45, 2.75) is 70.6 Å². The van der Waals surface area contributed by atoms with Gasteiger partial charge in [0.15, 0.2) is 0 Å². The van der Waals surface area contributed by atoms with Crippen molar-refractivity contribution < 1.29 is 14.7 Å². The van der Waals surface area contributed by atoms with Crippen LogP contribution in [0.5, 0.6) is 5.75 Å². The molecule has 2 unspecified atom stereocenters. The molecule has 2 aliphatic rings. The Morgan fingerprint density at radius 2 is 1.71 bits per heavy atom. The molecule has 1 aromatic carbocycles. The smallest absolute Gasteiger partial charge is 0.242 e. The lowest BCUT2D eigenvalue weighted by Crippen LogP contribution is -2.38. The number of phenols is 1. The maximum absolute atomic E-state index is 12.9. The number of amides is 2. The fourth-order valence-electron chi connectivity index (χ4n) is 4.38. The molecule has 1 aliphatic carbocycles. The van der Waals surface area contributed by atoms with Crippen molar-refractivity contribution in [2.24, 2.45) is 5.92 Å². The summed E-state index contributed by atoms with van der Waals surface area (Å²) in [7, 11) is 0. The predicted octanol–water partition coefficient (Wildman–Crippen LogP) is 4.49. The summed E-state index contributed by atoms with van der Waals surface area (Å²) in [5, 5.41) is 13.6. The Balaban J connectivity index is 2.07. The van der Waals surface area contributed by atoms with E-state index < -0.39 is 11.3 Å². The number of imide groups is 1. The highest BCUT2D eigenvalue weighted by Gasteiger charge is 2.55. The molecule has 1 saturated heterocycles. The molecule has 0 bridgehead atoms. The van der Waals surface area contributed by atoms with E-state index in [9.17, 15) is 14.7 Å². The monoisotopic (exact) mass is 381 g/mol. The molecule has 28 heavy (non-hydrogen) atoms. The number of carbonyl (C=O) groups excluding carboxylic acids is 2. The number of carbonyl (C=O) groups is 2. The van der Waals surface area contributed by atoms with Gasteiger partial charge in [-0.2, -0.15) is 0 Å². The number of hydrogen-bond acceptors (Lipinski definition) is 3. The quantitative estimate of drug-likeness (QED) is 0.489. The molecule has 2 atom stereocenters. The molecule has 1 fully saturated rings. The maximum Gasteiger partial charge on any atom is 0.242 e. The number of hydrogen-bond donors (Lipinski definition) is 2. The average molecular weight is 382 g/mol. The molecule has 0 saturated carbocycles. The molecule has 0 spiro atoms. The predicted molar refractivity (Wildman–Crippen MR) is 111 cm³/mol. The van der Waals surface area contributed by atoms with E-state index in [-0.39, 0.29) is 17.6 Å². The van der Waals surface area contributed by atoms with Crippen LogP contribution >= 0.6 is 0 Å². The minimum Gasteiger partial charge on any atom is -0.507 e. The second-order valence-electron chi connectivity index (χ2n) is 7.97. The summed E-state index contributed by atoms with van der Waals surface area (Å²) in [6.07, 6.45) is 15.4. The zero-order valence-electron chi connectivity index (χ0n) is 17.0. The Hall–Kier alpha value is -2.36. The SMILES string of the molecule is CCCCCc1cc(CCCCC)c(O)c(C23C=CC=CC2C(=O)NC3=O)c1. The van der Waals surface area contributed by atoms with Crippen LogP contribution in [0.2, 0.25) is 0 Å². The van der Waals surface area contributed by atoms with Crippen molar-refractivity contribution in [3.05, 3.63) is 53.1 Å². The first kappa shape index (κ1) is 20.4. The van der Waals surface area contributed by atoms with Gasteiger partial charge in [-0.15, -0.1) is 0 Å². The summed E-state index contributed by atoms with van der Waals surface area (Å²) in [4.78, 5) is 25.3. The van der Waals surface area contributed by atoms with Crippen molar-refractivity contribution in [1.29, 1.82) is 0 Å². The summed E-state index contributed by atoms with van der Waals surface area (Å²) < 4.78 is 0. The third kappa shape index (κ3) is 3.65. The largest absolute Gasteiger partial charge is 0.507 e. The van der Waals surface area contributed by atoms with Gasteiger partial charge >= 0.3 is 0 Å². The highest BCUT2D eigenvalue weighted by Crippen LogP contribution is 2.46. The lowest BCUT2D eigenvalue weighted by molar-refractivity contribution is -0.126. The Labute approximate surface area is 167 Å². The number of phenolic OH excluding ortho intramolecular Hbond substituents is 1. The van der Waals surface area contributed by atoms with Gasteiger partial charge in [0.1, 0.15) is 11.2 Å². The number of rotatable bonds is 9.